The lowest BCUT2D eigenvalue weighted by Crippen LogP contribution is -2.30. The smallest absolute Gasteiger partial charge is 0.261 e. The van der Waals surface area contributed by atoms with E-state index in [1.54, 1.807) is 24.3 Å². The molecule has 0 bridgehead atoms. The summed E-state index contributed by atoms with van der Waals surface area (Å²) < 4.78 is 0. The van der Waals surface area contributed by atoms with Gasteiger partial charge >= 0.3 is 0 Å². The second-order valence-electron chi connectivity index (χ2n) is 10.4. The molecule has 1 aliphatic heterocycles. The fourth-order valence-electron chi connectivity index (χ4n) is 5.81. The zero-order chi connectivity index (χ0) is 24.8. The van der Waals surface area contributed by atoms with Crippen LogP contribution >= 0.6 is 11.6 Å². The van der Waals surface area contributed by atoms with Gasteiger partial charge in [-0.1, -0.05) is 35.9 Å². The number of fused-ring (bicyclic) bond motifs is 1. The van der Waals surface area contributed by atoms with E-state index in [0.29, 0.717) is 34.4 Å². The highest BCUT2D eigenvalue weighted by molar-refractivity contribution is 6.30. The average molecular weight is 501 g/mol. The number of aliphatic hydroxyl groups excluding tert-OH is 1. The number of carbonyl (C=O) groups excluding carboxylic acids is 2. The summed E-state index contributed by atoms with van der Waals surface area (Å²) in [6.07, 6.45) is 5.49. The number of benzene rings is 2. The van der Waals surface area contributed by atoms with E-state index < -0.39 is 6.10 Å². The number of halogens is 1. The monoisotopic (exact) mass is 500 g/mol. The van der Waals surface area contributed by atoms with Crippen molar-refractivity contribution in [1.82, 2.24) is 9.88 Å². The molecule has 0 saturated heterocycles. The Bertz CT molecular complexity index is 1280. The fourth-order valence-corrected chi connectivity index (χ4v) is 5.94. The topological polar surface area (TPSA) is 70.5 Å². The molecule has 1 atom stereocenters. The summed E-state index contributed by atoms with van der Waals surface area (Å²) >= 11 is 6.05. The first-order chi connectivity index (χ1) is 17.5. The predicted octanol–water partition coefficient (Wildman–Crippen LogP) is 6.42. The number of rotatable bonds is 6. The van der Waals surface area contributed by atoms with Crippen molar-refractivity contribution >= 4 is 23.4 Å². The summed E-state index contributed by atoms with van der Waals surface area (Å²) in [7, 11) is 0. The van der Waals surface area contributed by atoms with Gasteiger partial charge in [0.05, 0.1) is 35.2 Å². The number of pyridine rings is 1. The third-order valence-corrected chi connectivity index (χ3v) is 8.28. The van der Waals surface area contributed by atoms with Crippen molar-refractivity contribution in [2.24, 2.45) is 5.92 Å². The van der Waals surface area contributed by atoms with Crippen LogP contribution < -0.4 is 0 Å². The van der Waals surface area contributed by atoms with E-state index in [1.165, 1.54) is 10.5 Å². The van der Waals surface area contributed by atoms with Crippen molar-refractivity contribution in [2.75, 3.05) is 0 Å². The molecule has 36 heavy (non-hydrogen) atoms. The van der Waals surface area contributed by atoms with Crippen molar-refractivity contribution in [3.05, 3.63) is 99.3 Å². The summed E-state index contributed by atoms with van der Waals surface area (Å²) in [5.74, 6) is 0.540. The first-order valence-electron chi connectivity index (χ1n) is 12.9. The minimum atomic E-state index is -0.657. The van der Waals surface area contributed by atoms with Gasteiger partial charge in [-0.15, -0.1) is 0 Å². The van der Waals surface area contributed by atoms with E-state index in [-0.39, 0.29) is 24.3 Å². The standard InChI is InChI=1S/C30H29ClN2O3/c31-23-13-11-19(12-14-23)18-7-9-21(10-8-18)28(34)27-16-22(20-5-6-20)15-24(32-27)17-33-29(35)25-3-1-2-4-26(25)30(33)36/h1-4,11-16,18,20-21,28,34H,5-10,17H2. The number of hydrogen-bond donors (Lipinski definition) is 1. The molecule has 184 valence electrons. The molecule has 0 spiro atoms. The highest BCUT2D eigenvalue weighted by atomic mass is 35.5. The molecule has 2 saturated carbocycles. The fraction of sp³-hybridized carbons (Fsp3) is 0.367. The van der Waals surface area contributed by atoms with Gasteiger partial charge in [-0.2, -0.15) is 0 Å². The Kier molecular flexibility index (Phi) is 6.14. The Morgan fingerprint density at radius 1 is 0.833 bits per heavy atom. The Hall–Kier alpha value is -3.02. The number of carbonyl (C=O) groups is 2. The third-order valence-electron chi connectivity index (χ3n) is 8.03. The van der Waals surface area contributed by atoms with E-state index >= 15 is 0 Å². The molecule has 2 heterocycles. The Balaban J connectivity index is 1.19. The number of hydrogen-bond acceptors (Lipinski definition) is 4. The molecule has 5 nitrogen and oxygen atoms in total. The number of amides is 2. The molecule has 0 radical (unpaired) electrons. The van der Waals surface area contributed by atoms with Crippen LogP contribution in [0.2, 0.25) is 5.02 Å². The maximum absolute atomic E-state index is 12.9. The minimum absolute atomic E-state index is 0.121. The van der Waals surface area contributed by atoms with Gasteiger partial charge in [-0.25, -0.2) is 0 Å². The van der Waals surface area contributed by atoms with Gasteiger partial charge in [0.2, 0.25) is 0 Å². The van der Waals surface area contributed by atoms with Gasteiger partial charge in [0.25, 0.3) is 11.8 Å². The van der Waals surface area contributed by atoms with Crippen LogP contribution in [-0.2, 0) is 6.54 Å². The lowest BCUT2D eigenvalue weighted by atomic mass is 9.76. The quantitative estimate of drug-likeness (QED) is 0.397. The van der Waals surface area contributed by atoms with Crippen molar-refractivity contribution in [3.8, 4) is 0 Å². The number of nitrogens with zero attached hydrogens (tertiary/aromatic N) is 2. The maximum Gasteiger partial charge on any atom is 0.261 e. The molecule has 6 heteroatoms. The molecule has 1 aromatic heterocycles. The molecule has 3 aliphatic rings. The highest BCUT2D eigenvalue weighted by Gasteiger charge is 2.36. The van der Waals surface area contributed by atoms with Gasteiger partial charge in [0.15, 0.2) is 0 Å². The molecule has 1 N–H and O–H groups in total. The second-order valence-corrected chi connectivity index (χ2v) is 10.9. The summed E-state index contributed by atoms with van der Waals surface area (Å²) in [4.78, 5) is 31.9. The number of aromatic nitrogens is 1. The predicted molar refractivity (Wildman–Crippen MR) is 138 cm³/mol. The van der Waals surface area contributed by atoms with E-state index in [9.17, 15) is 14.7 Å². The second kappa shape index (κ2) is 9.45. The van der Waals surface area contributed by atoms with Gasteiger partial charge in [0.1, 0.15) is 0 Å². The van der Waals surface area contributed by atoms with Crippen molar-refractivity contribution < 1.29 is 14.7 Å². The number of imide groups is 1. The van der Waals surface area contributed by atoms with Crippen LogP contribution in [0.5, 0.6) is 0 Å². The van der Waals surface area contributed by atoms with Crippen LogP contribution in [0.3, 0.4) is 0 Å². The Morgan fingerprint density at radius 2 is 1.42 bits per heavy atom. The molecule has 2 aliphatic carbocycles. The number of aliphatic hydroxyl groups is 1. The zero-order valence-corrected chi connectivity index (χ0v) is 20.8. The minimum Gasteiger partial charge on any atom is -0.387 e. The zero-order valence-electron chi connectivity index (χ0n) is 20.1. The lowest BCUT2D eigenvalue weighted by molar-refractivity contribution is 0.0638. The third kappa shape index (κ3) is 4.46. The van der Waals surface area contributed by atoms with Crippen LogP contribution in [0.1, 0.15) is 99.7 Å². The highest BCUT2D eigenvalue weighted by Crippen LogP contribution is 2.44. The van der Waals surface area contributed by atoms with Crippen LogP contribution in [-0.4, -0.2) is 26.8 Å². The lowest BCUT2D eigenvalue weighted by Gasteiger charge is -2.32. The summed E-state index contributed by atoms with van der Waals surface area (Å²) in [5, 5.41) is 12.1. The molecule has 1 unspecified atom stereocenters. The summed E-state index contributed by atoms with van der Waals surface area (Å²) in [6, 6.07) is 19.1. The maximum atomic E-state index is 12.9. The molecule has 6 rings (SSSR count). The van der Waals surface area contributed by atoms with Crippen molar-refractivity contribution in [2.45, 2.75) is 63.0 Å². The first-order valence-corrected chi connectivity index (χ1v) is 13.2. The van der Waals surface area contributed by atoms with Gasteiger partial charge in [0, 0.05) is 5.02 Å². The van der Waals surface area contributed by atoms with Crippen LogP contribution in [0.15, 0.2) is 60.7 Å². The Labute approximate surface area is 216 Å². The van der Waals surface area contributed by atoms with Gasteiger partial charge in [-0.05, 0) is 104 Å². The molecule has 3 aromatic rings. The summed E-state index contributed by atoms with van der Waals surface area (Å²) in [5.41, 5.74) is 4.68. The van der Waals surface area contributed by atoms with Crippen LogP contribution in [0.4, 0.5) is 0 Å². The van der Waals surface area contributed by atoms with Gasteiger partial charge < -0.3 is 5.11 Å². The molecular weight excluding hydrogens is 472 g/mol. The molecular formula is C30H29ClN2O3. The van der Waals surface area contributed by atoms with E-state index in [4.69, 9.17) is 16.6 Å². The molecule has 2 aromatic carbocycles. The van der Waals surface area contributed by atoms with E-state index in [2.05, 4.69) is 12.1 Å². The van der Waals surface area contributed by atoms with Crippen LogP contribution in [0, 0.1) is 5.92 Å². The largest absolute Gasteiger partial charge is 0.387 e. The Morgan fingerprint density at radius 3 is 2.03 bits per heavy atom. The SMILES string of the molecule is O=C1c2ccccc2C(=O)N1Cc1cc(C2CC2)cc(C(O)C2CCC(c3ccc(Cl)cc3)CC2)n1. The average Bonchev–Trinajstić information content (AvgIpc) is 3.74. The summed E-state index contributed by atoms with van der Waals surface area (Å²) in [6.45, 7) is 0.121. The first kappa shape index (κ1) is 23.4. The van der Waals surface area contributed by atoms with Crippen molar-refractivity contribution in [3.63, 3.8) is 0 Å². The van der Waals surface area contributed by atoms with E-state index in [0.717, 1.165) is 49.1 Å². The normalized spacial score (nSPS) is 22.6. The van der Waals surface area contributed by atoms with E-state index in [1.807, 2.05) is 24.3 Å². The molecule has 2 fully saturated rings. The molecule has 2 amide bonds. The van der Waals surface area contributed by atoms with Gasteiger partial charge in [-0.3, -0.25) is 19.5 Å². The van der Waals surface area contributed by atoms with Crippen LogP contribution in [0.25, 0.3) is 0 Å². The van der Waals surface area contributed by atoms with Crippen molar-refractivity contribution in [1.29, 1.82) is 0 Å².